The smallest absolute Gasteiger partial charge is 0.236 e. The number of methoxy groups -OCH3 is 2. The molecule has 2 unspecified atom stereocenters. The highest BCUT2D eigenvalue weighted by Crippen LogP contribution is 2.53. The second-order valence-electron chi connectivity index (χ2n) is 6.75. The number of hydrogen-bond acceptors (Lipinski definition) is 6. The zero-order valence-electron chi connectivity index (χ0n) is 15.9. The molecule has 7 heteroatoms. The van der Waals surface area contributed by atoms with Gasteiger partial charge in [-0.05, 0) is 6.42 Å². The number of hydrogen-bond donors (Lipinski definition) is 0. The number of benzene rings is 1. The van der Waals surface area contributed by atoms with E-state index < -0.39 is 23.1 Å². The molecule has 1 heterocycles. The Bertz CT molecular complexity index is 815. The van der Waals surface area contributed by atoms with E-state index in [1.54, 1.807) is 6.92 Å². The topological polar surface area (TPSA) is 71.1 Å². The van der Waals surface area contributed by atoms with Crippen LogP contribution in [0, 0.1) is 5.92 Å². The first-order valence-corrected chi connectivity index (χ1v) is 9.34. The van der Waals surface area contributed by atoms with Crippen LogP contribution in [0.5, 0.6) is 17.2 Å². The maximum atomic E-state index is 13.3. The third kappa shape index (κ3) is 2.96. The number of ether oxygens (including phenoxy) is 4. The average Bonchev–Trinajstić information content (AvgIpc) is 2.96. The Balaban J connectivity index is 2.02. The molecule has 0 bridgehead atoms. The van der Waals surface area contributed by atoms with E-state index in [0.29, 0.717) is 24.5 Å². The van der Waals surface area contributed by atoms with Crippen LogP contribution in [-0.4, -0.2) is 38.0 Å². The van der Waals surface area contributed by atoms with Gasteiger partial charge in [-0.3, -0.25) is 9.59 Å². The number of carbonyl (C=O) groups is 2. The minimum absolute atomic E-state index is 0.127. The Labute approximate surface area is 163 Å². The van der Waals surface area contributed by atoms with Crippen molar-refractivity contribution in [3.8, 4) is 17.2 Å². The van der Waals surface area contributed by atoms with Gasteiger partial charge in [0.1, 0.15) is 27.8 Å². The summed E-state index contributed by atoms with van der Waals surface area (Å²) in [5.74, 6) is -0.0183. The Hall–Kier alpha value is -2.21. The van der Waals surface area contributed by atoms with Crippen LogP contribution in [0.1, 0.15) is 43.5 Å². The minimum Gasteiger partial charge on any atom is -0.498 e. The fourth-order valence-corrected chi connectivity index (χ4v) is 3.80. The van der Waals surface area contributed by atoms with Crippen molar-refractivity contribution < 1.29 is 28.5 Å². The molecule has 1 aliphatic carbocycles. The van der Waals surface area contributed by atoms with Gasteiger partial charge in [0.25, 0.3) is 0 Å². The summed E-state index contributed by atoms with van der Waals surface area (Å²) in [6.07, 6.45) is 3.69. The summed E-state index contributed by atoms with van der Waals surface area (Å²) in [6.45, 7) is 4.41. The number of rotatable bonds is 6. The van der Waals surface area contributed by atoms with Crippen molar-refractivity contribution in [2.45, 2.75) is 38.7 Å². The summed E-state index contributed by atoms with van der Waals surface area (Å²) in [7, 11) is 2.89. The molecule has 2 aliphatic rings. The lowest BCUT2D eigenvalue weighted by Crippen LogP contribution is -2.54. The summed E-state index contributed by atoms with van der Waals surface area (Å²) in [6, 6.07) is 1.52. The van der Waals surface area contributed by atoms with Crippen LogP contribution in [0.3, 0.4) is 0 Å². The first-order valence-electron chi connectivity index (χ1n) is 8.96. The van der Waals surface area contributed by atoms with Gasteiger partial charge in [-0.15, -0.1) is 0 Å². The van der Waals surface area contributed by atoms with Crippen LogP contribution in [0.25, 0.3) is 0 Å². The molecule has 6 nitrogen and oxygen atoms in total. The molecule has 1 spiro atoms. The van der Waals surface area contributed by atoms with Gasteiger partial charge in [0, 0.05) is 24.5 Å². The molecule has 0 saturated carbocycles. The molecule has 3 rings (SSSR count). The van der Waals surface area contributed by atoms with Crippen LogP contribution in [-0.2, 0) is 9.53 Å². The number of halogens is 1. The lowest BCUT2D eigenvalue weighted by Gasteiger charge is -2.34. The van der Waals surface area contributed by atoms with Crippen molar-refractivity contribution in [3.63, 3.8) is 0 Å². The highest BCUT2D eigenvalue weighted by Gasteiger charge is 2.60. The third-order valence-electron chi connectivity index (χ3n) is 5.06. The zero-order valence-corrected chi connectivity index (χ0v) is 16.6. The highest BCUT2D eigenvalue weighted by atomic mass is 35.5. The largest absolute Gasteiger partial charge is 0.498 e. The first-order chi connectivity index (χ1) is 12.9. The summed E-state index contributed by atoms with van der Waals surface area (Å²) < 4.78 is 22.2. The molecule has 27 heavy (non-hydrogen) atoms. The van der Waals surface area contributed by atoms with Crippen LogP contribution in [0.15, 0.2) is 17.9 Å². The van der Waals surface area contributed by atoms with E-state index >= 15 is 0 Å². The third-order valence-corrected chi connectivity index (χ3v) is 5.42. The molecule has 146 valence electrons. The molecule has 0 saturated heterocycles. The Morgan fingerprint density at radius 3 is 2.56 bits per heavy atom. The molecule has 2 atom stereocenters. The lowest BCUT2D eigenvalue weighted by molar-refractivity contribution is -0.129. The van der Waals surface area contributed by atoms with Gasteiger partial charge in [-0.2, -0.15) is 0 Å². The number of fused-ring (bicyclic) bond motifs is 1. The summed E-state index contributed by atoms with van der Waals surface area (Å²) in [4.78, 5) is 26.3. The Kier molecular flexibility index (Phi) is 5.38. The maximum Gasteiger partial charge on any atom is 0.236 e. The first kappa shape index (κ1) is 19.5. The molecule has 1 aliphatic heterocycles. The SMILES string of the molecule is CCCCOC1=CC(=O)C2(Oc3c(Cl)c(OC)cc(OC)c3C2=O)C(C)C1. The van der Waals surface area contributed by atoms with E-state index in [2.05, 4.69) is 6.92 Å². The van der Waals surface area contributed by atoms with Crippen molar-refractivity contribution in [3.05, 3.63) is 28.5 Å². The van der Waals surface area contributed by atoms with Crippen molar-refractivity contribution in [2.75, 3.05) is 20.8 Å². The molecule has 0 aromatic heterocycles. The van der Waals surface area contributed by atoms with E-state index in [0.717, 1.165) is 12.8 Å². The van der Waals surface area contributed by atoms with E-state index in [1.165, 1.54) is 26.4 Å². The second kappa shape index (κ2) is 7.43. The highest BCUT2D eigenvalue weighted by molar-refractivity contribution is 6.36. The monoisotopic (exact) mass is 394 g/mol. The van der Waals surface area contributed by atoms with Gasteiger partial charge in [0.2, 0.25) is 17.2 Å². The molecule has 1 aromatic rings. The number of Topliss-reactive ketones (excluding diaryl/α,β-unsaturated/α-hetero) is 1. The number of allylic oxidation sites excluding steroid dienone is 1. The Morgan fingerprint density at radius 1 is 1.26 bits per heavy atom. The van der Waals surface area contributed by atoms with Gasteiger partial charge in [0.15, 0.2) is 5.75 Å². The summed E-state index contributed by atoms with van der Waals surface area (Å²) in [5, 5.41) is 0.146. The van der Waals surface area contributed by atoms with Gasteiger partial charge < -0.3 is 18.9 Å². The zero-order chi connectivity index (χ0) is 19.8. The molecule has 1 aromatic carbocycles. The summed E-state index contributed by atoms with van der Waals surface area (Å²) in [5.41, 5.74) is -1.48. The van der Waals surface area contributed by atoms with Crippen LogP contribution < -0.4 is 14.2 Å². The minimum atomic E-state index is -1.65. The van der Waals surface area contributed by atoms with Crippen molar-refractivity contribution in [1.29, 1.82) is 0 Å². The van der Waals surface area contributed by atoms with Crippen LogP contribution >= 0.6 is 11.6 Å². The van der Waals surface area contributed by atoms with E-state index in [4.69, 9.17) is 30.5 Å². The van der Waals surface area contributed by atoms with E-state index in [1.807, 2.05) is 0 Å². The van der Waals surface area contributed by atoms with Crippen molar-refractivity contribution in [1.82, 2.24) is 0 Å². The standard InChI is InChI=1S/C20H23ClO6/c1-5-6-7-26-12-8-11(2)20(15(22)9-12)19(23)16-13(24-3)10-14(25-4)17(21)18(16)27-20/h9-11H,5-8H2,1-4H3. The number of carbonyl (C=O) groups excluding carboxylic acids is 2. The molecule has 0 radical (unpaired) electrons. The van der Waals surface area contributed by atoms with Gasteiger partial charge in [-0.25, -0.2) is 0 Å². The lowest BCUT2D eigenvalue weighted by atomic mass is 9.74. The van der Waals surface area contributed by atoms with Gasteiger partial charge >= 0.3 is 0 Å². The molecular formula is C20H23ClO6. The van der Waals surface area contributed by atoms with E-state index in [9.17, 15) is 9.59 Å². The quantitative estimate of drug-likeness (QED) is 0.537. The number of ketones is 2. The van der Waals surface area contributed by atoms with E-state index in [-0.39, 0.29) is 22.1 Å². The molecular weight excluding hydrogens is 372 g/mol. The van der Waals surface area contributed by atoms with Crippen molar-refractivity contribution in [2.24, 2.45) is 5.92 Å². The predicted octanol–water partition coefficient (Wildman–Crippen LogP) is 3.98. The molecule has 0 N–H and O–H groups in total. The van der Waals surface area contributed by atoms with Crippen molar-refractivity contribution >= 4 is 23.2 Å². The average molecular weight is 395 g/mol. The second-order valence-corrected chi connectivity index (χ2v) is 7.13. The summed E-state index contributed by atoms with van der Waals surface area (Å²) >= 11 is 6.35. The normalized spacial score (nSPS) is 23.7. The predicted molar refractivity (Wildman–Crippen MR) is 100.0 cm³/mol. The Morgan fingerprint density at radius 2 is 1.96 bits per heavy atom. The maximum absolute atomic E-state index is 13.3. The fraction of sp³-hybridized carbons (Fsp3) is 0.500. The van der Waals surface area contributed by atoms with Gasteiger partial charge in [0.05, 0.1) is 20.8 Å². The number of unbranched alkanes of at least 4 members (excludes halogenated alkanes) is 1. The van der Waals surface area contributed by atoms with Crippen LogP contribution in [0.2, 0.25) is 5.02 Å². The van der Waals surface area contributed by atoms with Gasteiger partial charge in [-0.1, -0.05) is 31.9 Å². The molecule has 0 fully saturated rings. The fourth-order valence-electron chi connectivity index (χ4n) is 3.54. The van der Waals surface area contributed by atoms with Crippen LogP contribution in [0.4, 0.5) is 0 Å². The molecule has 0 amide bonds.